The van der Waals surface area contributed by atoms with Crippen molar-refractivity contribution in [3.8, 4) is 0 Å². The topological polar surface area (TPSA) is 75.9 Å². The Morgan fingerprint density at radius 1 is 1.21 bits per heavy atom. The van der Waals surface area contributed by atoms with Crippen LogP contribution in [-0.4, -0.2) is 44.3 Å². The van der Waals surface area contributed by atoms with Crippen molar-refractivity contribution < 1.29 is 4.79 Å². The van der Waals surface area contributed by atoms with Crippen LogP contribution in [0.25, 0.3) is 11.0 Å². The van der Waals surface area contributed by atoms with Crippen molar-refractivity contribution in [2.24, 2.45) is 7.05 Å². The molecule has 2 fully saturated rings. The number of nitrogens with zero attached hydrogens (tertiary/aromatic N) is 5. The van der Waals surface area contributed by atoms with Gasteiger partial charge in [0.15, 0.2) is 5.65 Å². The fourth-order valence-electron chi connectivity index (χ4n) is 3.77. The highest BCUT2D eigenvalue weighted by molar-refractivity contribution is 5.88. The maximum atomic E-state index is 12.0. The van der Waals surface area contributed by atoms with Crippen LogP contribution >= 0.6 is 0 Å². The van der Waals surface area contributed by atoms with Gasteiger partial charge in [-0.2, -0.15) is 5.10 Å². The lowest BCUT2D eigenvalue weighted by molar-refractivity contribution is -0.121. The predicted molar refractivity (Wildman–Crippen MR) is 91.9 cm³/mol. The number of carbonyl (C=O) groups is 1. The zero-order chi connectivity index (χ0) is 17.1. The van der Waals surface area contributed by atoms with E-state index in [0.29, 0.717) is 19.0 Å². The Morgan fingerprint density at radius 3 is 2.71 bits per heavy atom. The molecule has 7 nitrogen and oxygen atoms in total. The van der Waals surface area contributed by atoms with Crippen molar-refractivity contribution in [2.45, 2.75) is 57.5 Å². The number of aromatic nitrogens is 4. The van der Waals surface area contributed by atoms with Gasteiger partial charge in [0, 0.05) is 37.5 Å². The molecule has 1 amide bonds. The van der Waals surface area contributed by atoms with E-state index in [1.54, 1.807) is 4.68 Å². The molecule has 2 bridgehead atoms. The molecule has 0 unspecified atom stereocenters. The van der Waals surface area contributed by atoms with Gasteiger partial charge in [0.2, 0.25) is 5.91 Å². The Balaban J connectivity index is 1.91. The van der Waals surface area contributed by atoms with Crippen molar-refractivity contribution in [1.82, 2.24) is 25.1 Å². The summed E-state index contributed by atoms with van der Waals surface area (Å²) < 4.78 is 1.80. The molecule has 2 saturated heterocycles. The molecule has 0 aliphatic carbocycles. The summed E-state index contributed by atoms with van der Waals surface area (Å²) in [6.07, 6.45) is 4.50. The number of nitrogens with one attached hydrogen (secondary N) is 1. The van der Waals surface area contributed by atoms with Crippen LogP contribution in [0.3, 0.4) is 0 Å². The average Bonchev–Trinajstić information content (AvgIpc) is 3.02. The highest BCUT2D eigenvalue weighted by Crippen LogP contribution is 2.37. The second kappa shape index (κ2) is 5.16. The largest absolute Gasteiger partial charge is 0.354 e. The molecule has 0 radical (unpaired) electrons. The van der Waals surface area contributed by atoms with Gasteiger partial charge >= 0.3 is 0 Å². The number of rotatable bonds is 1. The molecule has 2 atom stereocenters. The molecule has 4 rings (SSSR count). The van der Waals surface area contributed by atoms with E-state index in [-0.39, 0.29) is 17.4 Å². The molecular weight excluding hydrogens is 304 g/mol. The normalized spacial score (nSPS) is 24.3. The molecule has 0 saturated carbocycles. The minimum atomic E-state index is -0.147. The van der Waals surface area contributed by atoms with Crippen molar-refractivity contribution in [1.29, 1.82) is 0 Å². The van der Waals surface area contributed by atoms with E-state index in [2.05, 4.69) is 36.1 Å². The van der Waals surface area contributed by atoms with E-state index in [4.69, 9.17) is 9.97 Å². The van der Waals surface area contributed by atoms with Crippen LogP contribution in [0.5, 0.6) is 0 Å². The summed E-state index contributed by atoms with van der Waals surface area (Å²) in [6.45, 7) is 7.05. The molecular formula is C17H24N6O. The Hall–Kier alpha value is -2.18. The summed E-state index contributed by atoms with van der Waals surface area (Å²) in [4.78, 5) is 24.0. The predicted octanol–water partition coefficient (Wildman–Crippen LogP) is 1.52. The minimum absolute atomic E-state index is 0.139. The highest BCUT2D eigenvalue weighted by atomic mass is 16.1. The number of amides is 1. The zero-order valence-electron chi connectivity index (χ0n) is 14.7. The van der Waals surface area contributed by atoms with Crippen LogP contribution in [0.4, 0.5) is 5.82 Å². The first kappa shape index (κ1) is 15.4. The Kier molecular flexibility index (Phi) is 3.30. The van der Waals surface area contributed by atoms with E-state index in [1.807, 2.05) is 13.2 Å². The van der Waals surface area contributed by atoms with Gasteiger partial charge in [-0.3, -0.25) is 9.48 Å². The molecule has 1 N–H and O–H groups in total. The molecule has 2 aromatic rings. The quantitative estimate of drug-likeness (QED) is 0.859. The van der Waals surface area contributed by atoms with Crippen LogP contribution in [-0.2, 0) is 17.3 Å². The lowest BCUT2D eigenvalue weighted by Crippen LogP contribution is -2.39. The first-order chi connectivity index (χ1) is 11.3. The summed E-state index contributed by atoms with van der Waals surface area (Å²) in [5.74, 6) is 1.89. The van der Waals surface area contributed by atoms with Gasteiger partial charge in [-0.05, 0) is 12.8 Å². The summed E-state index contributed by atoms with van der Waals surface area (Å²) in [5, 5.41) is 8.39. The maximum absolute atomic E-state index is 12.0. The number of hydrogen-bond donors (Lipinski definition) is 1. The van der Waals surface area contributed by atoms with Gasteiger partial charge in [-0.15, -0.1) is 0 Å². The second-order valence-electron chi connectivity index (χ2n) is 7.93. The summed E-state index contributed by atoms with van der Waals surface area (Å²) in [7, 11) is 1.91. The number of fused-ring (bicyclic) bond motifs is 3. The molecule has 7 heteroatoms. The zero-order valence-corrected chi connectivity index (χ0v) is 14.7. The third-order valence-corrected chi connectivity index (χ3v) is 5.06. The maximum Gasteiger partial charge on any atom is 0.222 e. The van der Waals surface area contributed by atoms with Crippen molar-refractivity contribution in [3.63, 3.8) is 0 Å². The van der Waals surface area contributed by atoms with Gasteiger partial charge in [-0.1, -0.05) is 20.8 Å². The van der Waals surface area contributed by atoms with Gasteiger partial charge in [0.1, 0.15) is 11.6 Å². The lowest BCUT2D eigenvalue weighted by atomic mass is 9.95. The minimum Gasteiger partial charge on any atom is -0.354 e. The first-order valence-electron chi connectivity index (χ1n) is 8.60. The van der Waals surface area contributed by atoms with E-state index < -0.39 is 0 Å². The van der Waals surface area contributed by atoms with E-state index >= 15 is 0 Å². The molecule has 24 heavy (non-hydrogen) atoms. The monoisotopic (exact) mass is 328 g/mol. The van der Waals surface area contributed by atoms with Crippen molar-refractivity contribution in [3.05, 3.63) is 12.0 Å². The molecule has 0 spiro atoms. The van der Waals surface area contributed by atoms with E-state index in [9.17, 15) is 4.79 Å². The Bertz CT molecular complexity index is 805. The van der Waals surface area contributed by atoms with E-state index in [0.717, 1.165) is 35.5 Å². The number of anilines is 1. The van der Waals surface area contributed by atoms with E-state index in [1.165, 1.54) is 0 Å². The van der Waals surface area contributed by atoms with Gasteiger partial charge < -0.3 is 10.2 Å². The van der Waals surface area contributed by atoms with Crippen LogP contribution in [0.1, 0.15) is 45.9 Å². The molecule has 0 aromatic carbocycles. The van der Waals surface area contributed by atoms with Crippen LogP contribution < -0.4 is 10.2 Å². The van der Waals surface area contributed by atoms with Gasteiger partial charge in [0.05, 0.1) is 11.6 Å². The number of hydrogen-bond acceptors (Lipinski definition) is 5. The smallest absolute Gasteiger partial charge is 0.222 e. The lowest BCUT2D eigenvalue weighted by Gasteiger charge is -2.30. The second-order valence-corrected chi connectivity index (χ2v) is 7.93. The fourth-order valence-corrected chi connectivity index (χ4v) is 3.77. The third-order valence-electron chi connectivity index (χ3n) is 5.06. The summed E-state index contributed by atoms with van der Waals surface area (Å²) in [6, 6.07) is 0.510. The van der Waals surface area contributed by atoms with Crippen LogP contribution in [0, 0.1) is 0 Å². The molecule has 2 aliphatic heterocycles. The Labute approximate surface area is 141 Å². The first-order valence-corrected chi connectivity index (χ1v) is 8.60. The van der Waals surface area contributed by atoms with Crippen LogP contribution in [0.2, 0.25) is 0 Å². The summed E-state index contributed by atoms with van der Waals surface area (Å²) in [5.41, 5.74) is 0.708. The standard InChI is InChI=1S/C17H24N6O/c1-17(2,3)16-20-14-12(9-19-22(14)4)15(21-16)23-10-5-6-11(23)8-18-13(24)7-10/h9-11H,5-8H2,1-4H3,(H,18,24)/t10-,11+/m0/s1. The average molecular weight is 328 g/mol. The van der Waals surface area contributed by atoms with Crippen molar-refractivity contribution in [2.75, 3.05) is 11.4 Å². The SMILES string of the molecule is Cn1ncc2c(N3[C@@H]4CC[C@H]3CC(=O)NC4)nc(C(C)(C)C)nc21. The number of aryl methyl sites for hydroxylation is 1. The third kappa shape index (κ3) is 2.34. The van der Waals surface area contributed by atoms with Crippen LogP contribution in [0.15, 0.2) is 6.20 Å². The molecule has 2 aliphatic rings. The molecule has 128 valence electrons. The fraction of sp³-hybridized carbons (Fsp3) is 0.647. The highest BCUT2D eigenvalue weighted by Gasteiger charge is 2.39. The van der Waals surface area contributed by atoms with Crippen molar-refractivity contribution >= 4 is 22.8 Å². The van der Waals surface area contributed by atoms with Gasteiger partial charge in [-0.25, -0.2) is 9.97 Å². The summed E-state index contributed by atoms with van der Waals surface area (Å²) >= 11 is 0. The number of carbonyl (C=O) groups excluding carboxylic acids is 1. The molecule has 2 aromatic heterocycles. The van der Waals surface area contributed by atoms with Gasteiger partial charge in [0.25, 0.3) is 0 Å². The molecule has 4 heterocycles. The Morgan fingerprint density at radius 2 is 1.96 bits per heavy atom.